The molecule has 0 aromatic heterocycles. The average Bonchev–Trinajstić information content (AvgIpc) is 2.67. The first kappa shape index (κ1) is 125. The smallest absolute Gasteiger partial charge is 0.0483 e. The Morgan fingerprint density at radius 1 is 0.138 bits per heavy atom. The topological polar surface area (TPSA) is 294 Å². The minimum Gasteiger partial charge on any atom is -0.412 e. The Balaban J connectivity index is -0.0000000166. The van der Waals surface area contributed by atoms with E-state index in [2.05, 4.69) is 0 Å². The average molecular weight is 1240 g/mol. The largest absolute Gasteiger partial charge is 0.412 e. The van der Waals surface area contributed by atoms with E-state index in [9.17, 15) is 0 Å². The van der Waals surface area contributed by atoms with Gasteiger partial charge in [0.05, 0.1) is 0 Å². The Hall–Kier alpha value is 4.96. The summed E-state index contributed by atoms with van der Waals surface area (Å²) in [6.45, 7) is 44.8. The van der Waals surface area contributed by atoms with E-state index in [0.717, 1.165) is 0 Å². The molecule has 0 aromatic rings. The van der Waals surface area contributed by atoms with E-state index in [4.69, 9.17) is 66.4 Å². The molecular weight excluding hydrogens is 1140 g/mol. The fourth-order valence-electron chi connectivity index (χ4n) is 0. The molecule has 0 aliphatic carbocycles. The van der Waals surface area contributed by atoms with Crippen molar-refractivity contribution in [3.05, 3.63) is 0 Å². The molecule has 0 spiro atoms. The molecule has 0 bridgehead atoms. The van der Waals surface area contributed by atoms with Crippen molar-refractivity contribution in [1.82, 2.24) is 0 Å². The second-order valence-electron chi connectivity index (χ2n) is 14.2. The molecule has 14 nitrogen and oxygen atoms in total. The van der Waals surface area contributed by atoms with Crippen LogP contribution in [0.25, 0.3) is 0 Å². The van der Waals surface area contributed by atoms with Gasteiger partial charge in [0.2, 0.25) is 0 Å². The maximum absolute atomic E-state index is 8.06. The van der Waals surface area contributed by atoms with Gasteiger partial charge < -0.3 is 71.9 Å². The third kappa shape index (κ3) is 8910. The fourth-order valence-corrected chi connectivity index (χ4v) is 0. The maximum atomic E-state index is 8.06. The van der Waals surface area contributed by atoms with E-state index in [1.165, 1.54) is 0 Å². The number of rotatable bonds is 0. The van der Waals surface area contributed by atoms with Crippen LogP contribution in [0.2, 0.25) is 0 Å². The SMILES string of the molecule is CC(C)O.CC(C)O.CC(C)O.CC(C)O.CC(C)O.CC(C)O.CC(C)O.CC(C)O.CC(C)O.CC(C)O.CC(C)O.CC(C)O.CC(C)O.O.[Y].[Y].[Y].[Y].[Y]. The van der Waals surface area contributed by atoms with Gasteiger partial charge in [-0.05, 0) is 180 Å². The number of aliphatic hydroxyl groups excluding tert-OH is 13. The Morgan fingerprint density at radius 2 is 0.138 bits per heavy atom. The first-order chi connectivity index (χ1) is 22.5. The van der Waals surface area contributed by atoms with Crippen molar-refractivity contribution in [2.45, 2.75) is 259 Å². The monoisotopic (exact) mass is 1240 g/mol. The molecule has 0 fully saturated rings. The van der Waals surface area contributed by atoms with Crippen molar-refractivity contribution in [3.8, 4) is 0 Å². The van der Waals surface area contributed by atoms with E-state index in [1.54, 1.807) is 180 Å². The molecular formula is C39H106O14Y5. The van der Waals surface area contributed by atoms with Gasteiger partial charge in [-0.1, -0.05) is 0 Å². The van der Waals surface area contributed by atoms with Gasteiger partial charge >= 0.3 is 0 Å². The summed E-state index contributed by atoms with van der Waals surface area (Å²) < 4.78 is 0. The summed E-state index contributed by atoms with van der Waals surface area (Å²) in [5.74, 6) is 0. The zero-order valence-electron chi connectivity index (χ0n) is 42.7. The van der Waals surface area contributed by atoms with Crippen molar-refractivity contribution >= 4 is 0 Å². The maximum Gasteiger partial charge on any atom is 0.0483 e. The molecule has 19 heteroatoms. The molecule has 0 aliphatic heterocycles. The van der Waals surface area contributed by atoms with Crippen LogP contribution in [-0.2, 0) is 164 Å². The first-order valence-electron chi connectivity index (χ1n) is 18.4. The Labute approximate surface area is 487 Å². The van der Waals surface area contributed by atoms with E-state index in [0.29, 0.717) is 0 Å². The summed E-state index contributed by atoms with van der Waals surface area (Å²) in [5.41, 5.74) is 0. The summed E-state index contributed by atoms with van der Waals surface area (Å²) in [5, 5.41) is 105. The van der Waals surface area contributed by atoms with Gasteiger partial charge in [-0.25, -0.2) is 0 Å². The Morgan fingerprint density at radius 3 is 0.138 bits per heavy atom. The summed E-state index contributed by atoms with van der Waals surface area (Å²) in [7, 11) is 0. The minimum absolute atomic E-state index is 0. The number of hydrogen-bond donors (Lipinski definition) is 13. The van der Waals surface area contributed by atoms with Crippen LogP contribution >= 0.6 is 0 Å². The molecule has 0 heterocycles. The molecule has 0 saturated heterocycles. The molecule has 15 N–H and O–H groups in total. The van der Waals surface area contributed by atoms with Crippen LogP contribution in [0.5, 0.6) is 0 Å². The summed E-state index contributed by atoms with van der Waals surface area (Å²) in [6, 6.07) is 0. The van der Waals surface area contributed by atoms with Gasteiger partial charge in [-0.15, -0.1) is 0 Å². The third-order valence-corrected chi connectivity index (χ3v) is 0. The molecule has 5 radical (unpaired) electrons. The molecule has 0 saturated carbocycles. The van der Waals surface area contributed by atoms with Gasteiger partial charge in [0.1, 0.15) is 0 Å². The number of aliphatic hydroxyl groups is 13. The van der Waals surface area contributed by atoms with Crippen LogP contribution in [0.15, 0.2) is 0 Å². The van der Waals surface area contributed by atoms with Gasteiger partial charge in [-0.3, -0.25) is 0 Å². The first-order valence-corrected chi connectivity index (χ1v) is 18.4. The van der Waals surface area contributed by atoms with Gasteiger partial charge in [0, 0.05) is 243 Å². The van der Waals surface area contributed by atoms with Gasteiger partial charge in [-0.2, -0.15) is 0 Å². The van der Waals surface area contributed by atoms with Gasteiger partial charge in [0.25, 0.3) is 0 Å². The molecule has 0 aliphatic rings. The predicted octanol–water partition coefficient (Wildman–Crippen LogP) is 4.20. The third-order valence-electron chi connectivity index (χ3n) is 0. The van der Waals surface area contributed by atoms with E-state index >= 15 is 0 Å². The normalized spacial score (nSPS) is 8.07. The van der Waals surface area contributed by atoms with Crippen molar-refractivity contribution in [2.75, 3.05) is 0 Å². The second-order valence-corrected chi connectivity index (χ2v) is 14.2. The van der Waals surface area contributed by atoms with Crippen LogP contribution in [0.4, 0.5) is 0 Å². The van der Waals surface area contributed by atoms with Crippen molar-refractivity contribution in [3.63, 3.8) is 0 Å². The summed E-state index contributed by atoms with van der Waals surface area (Å²) in [6.07, 6.45) is -2.17. The fraction of sp³-hybridized carbons (Fsp3) is 1.00. The van der Waals surface area contributed by atoms with Crippen molar-refractivity contribution < 1.29 is 235 Å². The van der Waals surface area contributed by atoms with Gasteiger partial charge in [0.15, 0.2) is 0 Å². The van der Waals surface area contributed by atoms with Crippen molar-refractivity contribution in [2.24, 2.45) is 0 Å². The standard InChI is InChI=1S/13C3H8O.H2O.5Y/c13*1-3(2)4;;;;;;/h13*3-4H,1-2H3;1H2;;;;;. The van der Waals surface area contributed by atoms with Crippen LogP contribution in [-0.4, -0.2) is 151 Å². The van der Waals surface area contributed by atoms with Crippen molar-refractivity contribution in [1.29, 1.82) is 0 Å². The molecule has 0 unspecified atom stereocenters. The van der Waals surface area contributed by atoms with Crippen LogP contribution in [0, 0.1) is 0 Å². The summed E-state index contributed by atoms with van der Waals surface area (Å²) in [4.78, 5) is 0. The Kier molecular flexibility index (Phi) is 257. The van der Waals surface area contributed by atoms with Crippen LogP contribution in [0.3, 0.4) is 0 Å². The van der Waals surface area contributed by atoms with Crippen LogP contribution < -0.4 is 0 Å². The zero-order chi connectivity index (χ0) is 46.5. The van der Waals surface area contributed by atoms with E-state index < -0.39 is 0 Å². The summed E-state index contributed by atoms with van der Waals surface area (Å²) >= 11 is 0. The zero-order valence-corrected chi connectivity index (χ0v) is 56.9. The molecule has 361 valence electrons. The molecule has 0 aromatic carbocycles. The molecule has 0 rings (SSSR count). The number of hydrogen-bond acceptors (Lipinski definition) is 13. The second kappa shape index (κ2) is 119. The predicted molar refractivity (Wildman–Crippen MR) is 229 cm³/mol. The molecule has 0 atom stereocenters. The molecule has 58 heavy (non-hydrogen) atoms. The Bertz CT molecular complexity index is 275. The van der Waals surface area contributed by atoms with E-state index in [1.807, 2.05) is 0 Å². The van der Waals surface area contributed by atoms with Crippen LogP contribution in [0.1, 0.15) is 180 Å². The van der Waals surface area contributed by atoms with E-state index in [-0.39, 0.29) is 248 Å². The minimum atomic E-state index is -0.167. The molecule has 0 amide bonds. The quantitative estimate of drug-likeness (QED) is 0.162.